The van der Waals surface area contributed by atoms with E-state index >= 15 is 0 Å². The molecule has 0 saturated carbocycles. The maximum atomic E-state index is 12.7. The van der Waals surface area contributed by atoms with Crippen molar-refractivity contribution in [2.75, 3.05) is 6.54 Å². The zero-order chi connectivity index (χ0) is 14.9. The number of piperidine rings is 1. The summed E-state index contributed by atoms with van der Waals surface area (Å²) in [6, 6.07) is 5.81. The van der Waals surface area contributed by atoms with E-state index < -0.39 is 0 Å². The highest BCUT2D eigenvalue weighted by atomic mass is 32.1. The summed E-state index contributed by atoms with van der Waals surface area (Å²) in [7, 11) is 0. The van der Waals surface area contributed by atoms with E-state index in [0.717, 1.165) is 42.7 Å². The first-order valence-electron chi connectivity index (χ1n) is 7.46. The topological polar surface area (TPSA) is 50.5 Å². The van der Waals surface area contributed by atoms with Crippen LogP contribution in [-0.2, 0) is 0 Å². The molecule has 1 aliphatic rings. The normalized spacial score (nSPS) is 18.7. The lowest BCUT2D eigenvalue weighted by Crippen LogP contribution is -2.38. The van der Waals surface area contributed by atoms with Gasteiger partial charge in [0.05, 0.1) is 23.5 Å². The van der Waals surface area contributed by atoms with Crippen LogP contribution < -0.4 is 0 Å². The Bertz CT molecular complexity index is 795. The van der Waals surface area contributed by atoms with E-state index in [1.54, 1.807) is 22.0 Å². The fourth-order valence-corrected chi connectivity index (χ4v) is 3.68. The molecule has 0 spiro atoms. The summed E-state index contributed by atoms with van der Waals surface area (Å²) in [4.78, 5) is 19.4. The van der Waals surface area contributed by atoms with Crippen molar-refractivity contribution in [3.63, 3.8) is 0 Å². The van der Waals surface area contributed by atoms with Gasteiger partial charge in [-0.05, 0) is 36.8 Å². The van der Waals surface area contributed by atoms with Crippen LogP contribution in [0.3, 0.4) is 0 Å². The van der Waals surface area contributed by atoms with Crippen molar-refractivity contribution in [2.24, 2.45) is 0 Å². The standard InChI is InChI=1S/C16H16N4OS/c21-16(12-6-10-22-11-12)19-8-2-1-3-14(19)13-5-9-20-15(18-13)4-7-17-20/h4-7,9-11,14H,1-3,8H2/t14-/m1/s1. The van der Waals surface area contributed by atoms with E-state index in [4.69, 9.17) is 0 Å². The molecule has 0 N–H and O–H groups in total. The molecule has 0 radical (unpaired) electrons. The summed E-state index contributed by atoms with van der Waals surface area (Å²) in [6.45, 7) is 0.797. The van der Waals surface area contributed by atoms with Crippen LogP contribution in [0.1, 0.15) is 41.4 Å². The summed E-state index contributed by atoms with van der Waals surface area (Å²) < 4.78 is 1.75. The SMILES string of the molecule is O=C(c1ccsc1)N1CCCC[C@@H]1c1ccn2nccc2n1. The Balaban J connectivity index is 1.69. The number of likely N-dealkylation sites (tertiary alicyclic amines) is 1. The van der Waals surface area contributed by atoms with Crippen LogP contribution in [0.2, 0.25) is 0 Å². The van der Waals surface area contributed by atoms with E-state index in [-0.39, 0.29) is 11.9 Å². The lowest BCUT2D eigenvalue weighted by molar-refractivity contribution is 0.0607. The third-order valence-electron chi connectivity index (χ3n) is 4.15. The summed E-state index contributed by atoms with van der Waals surface area (Å²) in [6.07, 6.45) is 6.81. The zero-order valence-electron chi connectivity index (χ0n) is 12.1. The fraction of sp³-hybridized carbons (Fsp3) is 0.312. The lowest BCUT2D eigenvalue weighted by atomic mass is 9.98. The fourth-order valence-electron chi connectivity index (χ4n) is 3.05. The van der Waals surface area contributed by atoms with Crippen LogP contribution in [-0.4, -0.2) is 31.9 Å². The van der Waals surface area contributed by atoms with E-state index in [1.807, 2.05) is 40.1 Å². The molecule has 1 saturated heterocycles. The van der Waals surface area contributed by atoms with Crippen molar-refractivity contribution in [1.82, 2.24) is 19.5 Å². The van der Waals surface area contributed by atoms with Gasteiger partial charge in [-0.3, -0.25) is 4.79 Å². The zero-order valence-corrected chi connectivity index (χ0v) is 12.9. The van der Waals surface area contributed by atoms with Gasteiger partial charge in [-0.25, -0.2) is 9.50 Å². The Hall–Kier alpha value is -2.21. The minimum absolute atomic E-state index is 0.0565. The number of hydrogen-bond acceptors (Lipinski definition) is 4. The minimum Gasteiger partial charge on any atom is -0.330 e. The van der Waals surface area contributed by atoms with Gasteiger partial charge >= 0.3 is 0 Å². The number of carbonyl (C=O) groups is 1. The highest BCUT2D eigenvalue weighted by molar-refractivity contribution is 7.08. The second-order valence-electron chi connectivity index (χ2n) is 5.51. The average Bonchev–Trinajstić information content (AvgIpc) is 3.24. The highest BCUT2D eigenvalue weighted by Gasteiger charge is 2.29. The van der Waals surface area contributed by atoms with Crippen LogP contribution in [0, 0.1) is 0 Å². The molecule has 6 heteroatoms. The van der Waals surface area contributed by atoms with E-state index in [1.165, 1.54) is 0 Å². The van der Waals surface area contributed by atoms with Crippen molar-refractivity contribution in [2.45, 2.75) is 25.3 Å². The maximum absolute atomic E-state index is 12.7. The van der Waals surface area contributed by atoms with Gasteiger partial charge in [0.25, 0.3) is 5.91 Å². The molecule has 5 nitrogen and oxygen atoms in total. The molecule has 1 fully saturated rings. The first-order chi connectivity index (χ1) is 10.8. The van der Waals surface area contributed by atoms with Crippen molar-refractivity contribution >= 4 is 22.9 Å². The van der Waals surface area contributed by atoms with Gasteiger partial charge in [0, 0.05) is 24.2 Å². The molecule has 3 aromatic rings. The Morgan fingerprint density at radius 1 is 1.27 bits per heavy atom. The van der Waals surface area contributed by atoms with Gasteiger partial charge in [-0.1, -0.05) is 0 Å². The smallest absolute Gasteiger partial charge is 0.255 e. The third kappa shape index (κ3) is 2.29. The molecule has 0 aliphatic carbocycles. The maximum Gasteiger partial charge on any atom is 0.255 e. The molecule has 1 aliphatic heterocycles. The molecule has 4 rings (SSSR count). The molecule has 112 valence electrons. The number of carbonyl (C=O) groups excluding carboxylic acids is 1. The Morgan fingerprint density at radius 2 is 2.23 bits per heavy atom. The molecule has 1 amide bonds. The molecular weight excluding hydrogens is 296 g/mol. The highest BCUT2D eigenvalue weighted by Crippen LogP contribution is 2.31. The molecule has 4 heterocycles. The van der Waals surface area contributed by atoms with Gasteiger partial charge < -0.3 is 4.90 Å². The van der Waals surface area contributed by atoms with Gasteiger partial charge in [0.15, 0.2) is 5.65 Å². The summed E-state index contributed by atoms with van der Waals surface area (Å²) in [5.41, 5.74) is 2.56. The van der Waals surface area contributed by atoms with Crippen molar-refractivity contribution in [1.29, 1.82) is 0 Å². The molecule has 1 atom stereocenters. The van der Waals surface area contributed by atoms with Crippen molar-refractivity contribution in [3.8, 4) is 0 Å². The largest absolute Gasteiger partial charge is 0.330 e. The number of rotatable bonds is 2. The van der Waals surface area contributed by atoms with Crippen molar-refractivity contribution < 1.29 is 4.79 Å². The van der Waals surface area contributed by atoms with Crippen LogP contribution in [0.15, 0.2) is 41.4 Å². The molecule has 0 bridgehead atoms. The minimum atomic E-state index is 0.0565. The van der Waals surface area contributed by atoms with E-state index in [2.05, 4.69) is 10.1 Å². The quantitative estimate of drug-likeness (QED) is 0.730. The van der Waals surface area contributed by atoms with Crippen LogP contribution in [0.4, 0.5) is 0 Å². The van der Waals surface area contributed by atoms with Crippen LogP contribution in [0.25, 0.3) is 5.65 Å². The van der Waals surface area contributed by atoms with Gasteiger partial charge in [0.2, 0.25) is 0 Å². The monoisotopic (exact) mass is 312 g/mol. The molecular formula is C16H16N4OS. The first kappa shape index (κ1) is 13.5. The molecule has 3 aromatic heterocycles. The number of nitrogens with zero attached hydrogens (tertiary/aromatic N) is 4. The summed E-state index contributed by atoms with van der Waals surface area (Å²) in [5, 5.41) is 8.04. The third-order valence-corrected chi connectivity index (χ3v) is 4.84. The van der Waals surface area contributed by atoms with Crippen molar-refractivity contribution in [3.05, 3.63) is 52.6 Å². The van der Waals surface area contributed by atoms with Gasteiger partial charge in [0.1, 0.15) is 0 Å². The lowest BCUT2D eigenvalue weighted by Gasteiger charge is -2.35. The molecule has 0 aromatic carbocycles. The van der Waals surface area contributed by atoms with E-state index in [9.17, 15) is 4.79 Å². The van der Waals surface area contributed by atoms with Gasteiger partial charge in [-0.2, -0.15) is 16.4 Å². The summed E-state index contributed by atoms with van der Waals surface area (Å²) >= 11 is 1.56. The first-order valence-corrected chi connectivity index (χ1v) is 8.41. The molecule has 0 unspecified atom stereocenters. The predicted molar refractivity (Wildman–Crippen MR) is 84.9 cm³/mol. The van der Waals surface area contributed by atoms with Crippen LogP contribution in [0.5, 0.6) is 0 Å². The number of fused-ring (bicyclic) bond motifs is 1. The number of amides is 1. The average molecular weight is 312 g/mol. The second kappa shape index (κ2) is 5.53. The Morgan fingerprint density at radius 3 is 3.09 bits per heavy atom. The van der Waals surface area contributed by atoms with Crippen LogP contribution >= 0.6 is 11.3 Å². The number of thiophene rings is 1. The number of hydrogen-bond donors (Lipinski definition) is 0. The second-order valence-corrected chi connectivity index (χ2v) is 6.29. The van der Waals surface area contributed by atoms with E-state index in [0.29, 0.717) is 0 Å². The summed E-state index contributed by atoms with van der Waals surface area (Å²) in [5.74, 6) is 0.112. The number of aromatic nitrogens is 3. The Kier molecular flexibility index (Phi) is 3.38. The molecule has 22 heavy (non-hydrogen) atoms. The van der Waals surface area contributed by atoms with Gasteiger partial charge in [-0.15, -0.1) is 0 Å². The predicted octanol–water partition coefficient (Wildman–Crippen LogP) is 3.16. The Labute approximate surface area is 132 Å².